The Morgan fingerprint density at radius 3 is 2.51 bits per heavy atom. The van der Waals surface area contributed by atoms with Gasteiger partial charge in [0.15, 0.2) is 29.3 Å². The lowest BCUT2D eigenvalue weighted by Crippen LogP contribution is -2.45. The van der Waals surface area contributed by atoms with Gasteiger partial charge in [-0.25, -0.2) is 13.2 Å². The molecule has 0 bridgehead atoms. The van der Waals surface area contributed by atoms with Crippen molar-refractivity contribution in [2.45, 2.75) is 37.4 Å². The summed E-state index contributed by atoms with van der Waals surface area (Å²) in [5.41, 5.74) is 0.636. The van der Waals surface area contributed by atoms with Gasteiger partial charge in [-0.2, -0.15) is 17.8 Å². The highest BCUT2D eigenvalue weighted by atomic mass is 35.5. The summed E-state index contributed by atoms with van der Waals surface area (Å²) in [6.07, 6.45) is 2.89. The molecule has 2 aliphatic heterocycles. The third kappa shape index (κ3) is 9.24. The van der Waals surface area contributed by atoms with E-state index >= 15 is 0 Å². The second-order valence-corrected chi connectivity index (χ2v) is 14.9. The number of rotatable bonds is 14. The zero-order valence-corrected chi connectivity index (χ0v) is 27.3. The van der Waals surface area contributed by atoms with Crippen LogP contribution in [0.5, 0.6) is 11.5 Å². The van der Waals surface area contributed by atoms with Crippen molar-refractivity contribution in [1.29, 1.82) is 0 Å². The third-order valence-electron chi connectivity index (χ3n) is 7.61. The number of benzene rings is 1. The zero-order valence-electron chi connectivity index (χ0n) is 24.1. The molecule has 5 rings (SSSR count). The van der Waals surface area contributed by atoms with Crippen LogP contribution in [0.25, 0.3) is 0 Å². The number of halogens is 4. The van der Waals surface area contributed by atoms with E-state index in [-0.39, 0.29) is 40.3 Å². The Hall–Kier alpha value is -2.14. The van der Waals surface area contributed by atoms with Crippen molar-refractivity contribution < 1.29 is 45.7 Å². The molecule has 3 heterocycles. The molecular formula is C28H33Cl2F2N3O8S2. The van der Waals surface area contributed by atoms with Gasteiger partial charge in [0.1, 0.15) is 16.1 Å². The van der Waals surface area contributed by atoms with Gasteiger partial charge in [-0.3, -0.25) is 4.90 Å². The molecule has 0 N–H and O–H groups in total. The van der Waals surface area contributed by atoms with E-state index in [0.29, 0.717) is 67.0 Å². The van der Waals surface area contributed by atoms with Crippen molar-refractivity contribution in [3.05, 3.63) is 57.0 Å². The second kappa shape index (κ2) is 15.2. The van der Waals surface area contributed by atoms with Crippen LogP contribution >= 0.6 is 35.0 Å². The van der Waals surface area contributed by atoms with Crippen LogP contribution in [0.1, 0.15) is 30.1 Å². The summed E-state index contributed by atoms with van der Waals surface area (Å²) >= 11 is 13.8. The van der Waals surface area contributed by atoms with Crippen molar-refractivity contribution in [3.8, 4) is 11.5 Å². The largest absolute Gasteiger partial charge is 0.619 e. The van der Waals surface area contributed by atoms with Gasteiger partial charge in [0.25, 0.3) is 0 Å². The van der Waals surface area contributed by atoms with Crippen molar-refractivity contribution in [2.75, 3.05) is 57.5 Å². The molecule has 2 unspecified atom stereocenters. The van der Waals surface area contributed by atoms with E-state index in [1.54, 1.807) is 0 Å². The highest BCUT2D eigenvalue weighted by molar-refractivity contribution is 8.02. The molecule has 2 atom stereocenters. The van der Waals surface area contributed by atoms with Crippen LogP contribution in [0, 0.1) is 11.1 Å². The molecule has 1 saturated carbocycles. The summed E-state index contributed by atoms with van der Waals surface area (Å²) in [4.78, 5) is 15.7. The maximum absolute atomic E-state index is 13.7. The summed E-state index contributed by atoms with van der Waals surface area (Å²) in [6, 6.07) is 4.17. The van der Waals surface area contributed by atoms with E-state index in [1.165, 1.54) is 18.2 Å². The molecule has 0 spiro atoms. The number of morpholine rings is 1. The van der Waals surface area contributed by atoms with Crippen LogP contribution < -0.4 is 14.2 Å². The number of carbonyl (C=O) groups excluding carboxylic acids is 1. The average Bonchev–Trinajstić information content (AvgIpc) is 3.68. The first-order chi connectivity index (χ1) is 21.5. The molecule has 2 aromatic rings. The fraction of sp³-hybridized carbons (Fsp3) is 0.571. The molecular weight excluding hydrogens is 679 g/mol. The van der Waals surface area contributed by atoms with Gasteiger partial charge in [0.2, 0.25) is 10.0 Å². The molecule has 1 aromatic carbocycles. The van der Waals surface area contributed by atoms with Crippen molar-refractivity contribution in [2.24, 2.45) is 5.92 Å². The maximum Gasteiger partial charge on any atom is 0.387 e. The number of nitrogens with zero attached hydrogens (tertiary/aromatic N) is 3. The van der Waals surface area contributed by atoms with Crippen molar-refractivity contribution in [1.82, 2.24) is 9.21 Å². The average molecular weight is 713 g/mol. The predicted molar refractivity (Wildman–Crippen MR) is 163 cm³/mol. The molecule has 3 fully saturated rings. The molecule has 248 valence electrons. The standard InChI is InChI=1S/C28H33Cl2F2N3O8S2/c29-21-15-34(37)16-22(30)20(21)14-24(19-3-4-23(43-28(31)32)25(13-19)41-17-18-1-2-18)42-27(36)26-35(7-11-44-26)45(38,39)12-8-33-5-9-40-10-6-33/h3-4,13,15-16,18,24,26,28H,1-2,5-12,14,17H2. The molecule has 0 amide bonds. The van der Waals surface area contributed by atoms with Crippen molar-refractivity contribution >= 4 is 51.0 Å². The number of alkyl halides is 2. The SMILES string of the molecule is O=C(OC(Cc1c(Cl)c[n+]([O-])cc1Cl)c1ccc(OC(F)F)c(OCC2CC2)c1)C1SCCN1S(=O)(=O)CCN1CCOCC1. The Morgan fingerprint density at radius 2 is 1.84 bits per heavy atom. The van der Waals surface area contributed by atoms with E-state index in [1.807, 2.05) is 4.90 Å². The number of thioether (sulfide) groups is 1. The molecule has 45 heavy (non-hydrogen) atoms. The summed E-state index contributed by atoms with van der Waals surface area (Å²) in [7, 11) is -3.82. The number of hydrogen-bond donors (Lipinski definition) is 0. The fourth-order valence-electron chi connectivity index (χ4n) is 4.97. The third-order valence-corrected chi connectivity index (χ3v) is 11.4. The van der Waals surface area contributed by atoms with E-state index in [2.05, 4.69) is 4.74 Å². The first-order valence-electron chi connectivity index (χ1n) is 14.4. The lowest BCUT2D eigenvalue weighted by molar-refractivity contribution is -0.605. The second-order valence-electron chi connectivity index (χ2n) is 10.9. The summed E-state index contributed by atoms with van der Waals surface area (Å²) in [6.45, 7) is -0.0414. The van der Waals surface area contributed by atoms with Crippen LogP contribution in [0.3, 0.4) is 0 Å². The van der Waals surface area contributed by atoms with E-state index in [9.17, 15) is 27.2 Å². The Labute approximate surface area is 274 Å². The lowest BCUT2D eigenvalue weighted by Gasteiger charge is -2.28. The summed E-state index contributed by atoms with van der Waals surface area (Å²) in [5.74, 6) is -0.443. The Morgan fingerprint density at radius 1 is 1.13 bits per heavy atom. The number of esters is 1. The van der Waals surface area contributed by atoms with Gasteiger partial charge in [-0.15, -0.1) is 11.8 Å². The number of sulfonamides is 1. The summed E-state index contributed by atoms with van der Waals surface area (Å²) in [5, 5.41) is 10.7. The first-order valence-corrected chi connectivity index (χ1v) is 17.8. The fourth-order valence-corrected chi connectivity index (χ4v) is 8.72. The van der Waals surface area contributed by atoms with Gasteiger partial charge in [-0.1, -0.05) is 29.3 Å². The van der Waals surface area contributed by atoms with Crippen LogP contribution in [-0.4, -0.2) is 93.1 Å². The number of aromatic nitrogens is 1. The van der Waals surface area contributed by atoms with E-state index in [0.717, 1.165) is 41.3 Å². The van der Waals surface area contributed by atoms with E-state index < -0.39 is 34.1 Å². The Bertz CT molecular complexity index is 1440. The molecule has 17 heteroatoms. The molecule has 11 nitrogen and oxygen atoms in total. The molecule has 2 saturated heterocycles. The predicted octanol–water partition coefficient (Wildman–Crippen LogP) is 3.88. The highest BCUT2D eigenvalue weighted by Crippen LogP contribution is 2.39. The van der Waals surface area contributed by atoms with Gasteiger partial charge in [0, 0.05) is 43.9 Å². The minimum Gasteiger partial charge on any atom is -0.619 e. The molecule has 1 aromatic heterocycles. The molecule has 0 radical (unpaired) electrons. The maximum atomic E-state index is 13.7. The zero-order chi connectivity index (χ0) is 32.1. The smallest absolute Gasteiger partial charge is 0.387 e. The number of pyridine rings is 1. The normalized spacial score (nSPS) is 20.3. The number of ether oxygens (including phenoxy) is 4. The minimum atomic E-state index is -3.82. The first kappa shape index (κ1) is 34.2. The van der Waals surface area contributed by atoms with Crippen LogP contribution in [-0.2, 0) is 30.7 Å². The van der Waals surface area contributed by atoms with Gasteiger partial charge in [0.05, 0.1) is 25.6 Å². The summed E-state index contributed by atoms with van der Waals surface area (Å²) < 4.78 is 76.3. The monoisotopic (exact) mass is 711 g/mol. The topological polar surface area (TPSA) is 122 Å². The van der Waals surface area contributed by atoms with Crippen LogP contribution in [0.4, 0.5) is 8.78 Å². The number of carbonyl (C=O) groups is 1. The van der Waals surface area contributed by atoms with Crippen molar-refractivity contribution in [3.63, 3.8) is 0 Å². The van der Waals surface area contributed by atoms with Gasteiger partial charge >= 0.3 is 12.6 Å². The molecule has 3 aliphatic rings. The molecule has 1 aliphatic carbocycles. The lowest BCUT2D eigenvalue weighted by atomic mass is 10.0. The van der Waals surface area contributed by atoms with Crippen LogP contribution in [0.15, 0.2) is 30.6 Å². The Balaban J connectivity index is 1.39. The number of hydrogen-bond acceptors (Lipinski definition) is 10. The van der Waals surface area contributed by atoms with Gasteiger partial charge < -0.3 is 24.2 Å². The highest BCUT2D eigenvalue weighted by Gasteiger charge is 2.41. The van der Waals surface area contributed by atoms with Gasteiger partial charge in [-0.05, 0) is 36.5 Å². The Kier molecular flexibility index (Phi) is 11.5. The quantitative estimate of drug-likeness (QED) is 0.162. The van der Waals surface area contributed by atoms with Crippen LogP contribution in [0.2, 0.25) is 10.0 Å². The van der Waals surface area contributed by atoms with E-state index in [4.69, 9.17) is 37.4 Å². The minimum absolute atomic E-state index is 0.0176.